The van der Waals surface area contributed by atoms with E-state index in [0.29, 0.717) is 16.5 Å². The number of hydrogen-bond donors (Lipinski definition) is 1. The Morgan fingerprint density at radius 2 is 2.00 bits per heavy atom. The molecule has 1 N–H and O–H groups in total. The van der Waals surface area contributed by atoms with E-state index >= 15 is 0 Å². The van der Waals surface area contributed by atoms with Gasteiger partial charge in [0.1, 0.15) is 0 Å². The highest BCUT2D eigenvalue weighted by atomic mass is 35.5. The van der Waals surface area contributed by atoms with Crippen LogP contribution in [0.1, 0.15) is 22.9 Å². The smallest absolute Gasteiger partial charge is 0.0845 e. The molecule has 0 bridgehead atoms. The van der Waals surface area contributed by atoms with Gasteiger partial charge in [-0.25, -0.2) is 0 Å². The van der Waals surface area contributed by atoms with Crippen molar-refractivity contribution in [3.63, 3.8) is 0 Å². The maximum atomic E-state index is 10.1. The van der Waals surface area contributed by atoms with E-state index in [1.54, 1.807) is 18.3 Å². The first kappa shape index (κ1) is 13.3. The van der Waals surface area contributed by atoms with Crippen LogP contribution in [-0.2, 0) is 6.42 Å². The Morgan fingerprint density at radius 1 is 1.22 bits per heavy atom. The fraction of sp³-hybridized carbons (Fsp3) is 0.214. The molecule has 1 heterocycles. The predicted octanol–water partition coefficient (Wildman–Crippen LogP) is 3.97. The summed E-state index contributed by atoms with van der Waals surface area (Å²) in [5.41, 5.74) is 2.58. The van der Waals surface area contributed by atoms with Gasteiger partial charge in [0.25, 0.3) is 0 Å². The molecule has 1 aromatic heterocycles. The van der Waals surface area contributed by atoms with Crippen molar-refractivity contribution in [2.24, 2.45) is 0 Å². The Hall–Kier alpha value is -1.09. The molecule has 0 saturated heterocycles. The molecule has 2 rings (SSSR count). The van der Waals surface area contributed by atoms with Crippen LogP contribution in [0.5, 0.6) is 0 Å². The number of aliphatic hydroxyl groups is 1. The van der Waals surface area contributed by atoms with Crippen LogP contribution in [0.15, 0.2) is 36.5 Å². The summed E-state index contributed by atoms with van der Waals surface area (Å²) in [6.07, 6.45) is 1.52. The van der Waals surface area contributed by atoms with E-state index in [0.717, 1.165) is 16.8 Å². The first-order chi connectivity index (χ1) is 8.56. The lowest BCUT2D eigenvalue weighted by atomic mass is 10.0. The van der Waals surface area contributed by atoms with E-state index in [2.05, 4.69) is 4.98 Å². The molecule has 2 nitrogen and oxygen atoms in total. The molecule has 0 fully saturated rings. The molecule has 0 spiro atoms. The minimum atomic E-state index is -0.614. The first-order valence-electron chi connectivity index (χ1n) is 5.61. The van der Waals surface area contributed by atoms with Crippen molar-refractivity contribution in [1.29, 1.82) is 0 Å². The largest absolute Gasteiger partial charge is 0.388 e. The molecule has 0 radical (unpaired) electrons. The minimum absolute atomic E-state index is 0.445. The highest BCUT2D eigenvalue weighted by Crippen LogP contribution is 2.25. The van der Waals surface area contributed by atoms with Gasteiger partial charge in [0.15, 0.2) is 0 Å². The van der Waals surface area contributed by atoms with Gasteiger partial charge in [0.05, 0.1) is 6.10 Å². The summed E-state index contributed by atoms with van der Waals surface area (Å²) in [7, 11) is 0. The molecule has 0 aliphatic heterocycles. The van der Waals surface area contributed by atoms with E-state index in [1.165, 1.54) is 0 Å². The van der Waals surface area contributed by atoms with E-state index in [4.69, 9.17) is 23.2 Å². The first-order valence-corrected chi connectivity index (χ1v) is 6.36. The second-order valence-electron chi connectivity index (χ2n) is 4.19. The minimum Gasteiger partial charge on any atom is -0.388 e. The van der Waals surface area contributed by atoms with Crippen LogP contribution in [0.25, 0.3) is 0 Å². The number of hydrogen-bond acceptors (Lipinski definition) is 2. The number of aryl methyl sites for hydroxylation is 1. The second kappa shape index (κ2) is 5.70. The molecular weight excluding hydrogens is 269 g/mol. The normalized spacial score (nSPS) is 12.4. The summed E-state index contributed by atoms with van der Waals surface area (Å²) in [6.45, 7) is 1.91. The van der Waals surface area contributed by atoms with Gasteiger partial charge in [-0.15, -0.1) is 0 Å². The van der Waals surface area contributed by atoms with E-state index in [9.17, 15) is 5.11 Å². The van der Waals surface area contributed by atoms with Crippen molar-refractivity contribution in [1.82, 2.24) is 4.98 Å². The molecular formula is C14H13Cl2NO. The van der Waals surface area contributed by atoms with Gasteiger partial charge in [-0.05, 0) is 36.2 Å². The van der Waals surface area contributed by atoms with Gasteiger partial charge < -0.3 is 5.11 Å². The standard InChI is InChI=1S/C14H13Cl2NO/c1-9-2-3-11(8-17-9)14(18)6-10-4-5-12(15)7-13(10)16/h2-5,7-8,14,18H,6H2,1H3. The fourth-order valence-corrected chi connectivity index (χ4v) is 2.18. The molecule has 0 saturated carbocycles. The molecule has 1 atom stereocenters. The Morgan fingerprint density at radius 3 is 2.61 bits per heavy atom. The zero-order valence-corrected chi connectivity index (χ0v) is 11.4. The van der Waals surface area contributed by atoms with Crippen molar-refractivity contribution >= 4 is 23.2 Å². The highest BCUT2D eigenvalue weighted by Gasteiger charge is 2.11. The van der Waals surface area contributed by atoms with Crippen LogP contribution in [0.2, 0.25) is 10.0 Å². The van der Waals surface area contributed by atoms with Gasteiger partial charge in [0.2, 0.25) is 0 Å². The monoisotopic (exact) mass is 281 g/mol. The summed E-state index contributed by atoms with van der Waals surface area (Å²) in [5.74, 6) is 0. The lowest BCUT2D eigenvalue weighted by Gasteiger charge is -2.12. The zero-order valence-electron chi connectivity index (χ0n) is 9.90. The Labute approximate surface area is 116 Å². The van der Waals surface area contributed by atoms with Crippen LogP contribution in [0.3, 0.4) is 0 Å². The molecule has 1 aromatic carbocycles. The molecule has 18 heavy (non-hydrogen) atoms. The third-order valence-corrected chi connectivity index (χ3v) is 3.33. The van der Waals surface area contributed by atoms with E-state index < -0.39 is 6.10 Å². The van der Waals surface area contributed by atoms with Crippen molar-refractivity contribution in [2.45, 2.75) is 19.4 Å². The van der Waals surface area contributed by atoms with Gasteiger partial charge in [-0.1, -0.05) is 35.3 Å². The molecule has 2 aromatic rings. The maximum Gasteiger partial charge on any atom is 0.0845 e. The summed E-state index contributed by atoms with van der Waals surface area (Å²) in [4.78, 5) is 4.16. The molecule has 0 amide bonds. The van der Waals surface area contributed by atoms with Crippen LogP contribution in [0, 0.1) is 6.92 Å². The van der Waals surface area contributed by atoms with Crippen molar-refractivity contribution in [3.8, 4) is 0 Å². The molecule has 1 unspecified atom stereocenters. The van der Waals surface area contributed by atoms with Crippen LogP contribution in [-0.4, -0.2) is 10.1 Å². The van der Waals surface area contributed by atoms with Crippen molar-refractivity contribution in [2.75, 3.05) is 0 Å². The van der Waals surface area contributed by atoms with Gasteiger partial charge in [-0.2, -0.15) is 0 Å². The van der Waals surface area contributed by atoms with E-state index in [-0.39, 0.29) is 0 Å². The zero-order chi connectivity index (χ0) is 13.1. The van der Waals surface area contributed by atoms with Gasteiger partial charge >= 0.3 is 0 Å². The third-order valence-electron chi connectivity index (χ3n) is 2.75. The average Bonchev–Trinajstić information content (AvgIpc) is 2.33. The topological polar surface area (TPSA) is 33.1 Å². The van der Waals surface area contributed by atoms with Crippen LogP contribution in [0.4, 0.5) is 0 Å². The summed E-state index contributed by atoms with van der Waals surface area (Å²) in [6, 6.07) is 9.02. The summed E-state index contributed by atoms with van der Waals surface area (Å²) in [5, 5.41) is 11.3. The number of nitrogens with zero attached hydrogens (tertiary/aromatic N) is 1. The summed E-state index contributed by atoms with van der Waals surface area (Å²) >= 11 is 11.9. The number of benzene rings is 1. The molecule has 0 aliphatic rings. The predicted molar refractivity (Wildman–Crippen MR) is 74.1 cm³/mol. The van der Waals surface area contributed by atoms with Crippen LogP contribution >= 0.6 is 23.2 Å². The quantitative estimate of drug-likeness (QED) is 0.923. The van der Waals surface area contributed by atoms with Crippen molar-refractivity contribution < 1.29 is 5.11 Å². The van der Waals surface area contributed by atoms with E-state index in [1.807, 2.05) is 25.1 Å². The van der Waals surface area contributed by atoms with Gasteiger partial charge in [-0.3, -0.25) is 4.98 Å². The number of aromatic nitrogens is 1. The maximum absolute atomic E-state index is 10.1. The van der Waals surface area contributed by atoms with Crippen LogP contribution < -0.4 is 0 Å². The Kier molecular flexibility index (Phi) is 4.23. The Balaban J connectivity index is 2.15. The lowest BCUT2D eigenvalue weighted by molar-refractivity contribution is 0.178. The second-order valence-corrected chi connectivity index (χ2v) is 5.03. The molecule has 4 heteroatoms. The summed E-state index contributed by atoms with van der Waals surface area (Å²) < 4.78 is 0. The average molecular weight is 282 g/mol. The highest BCUT2D eigenvalue weighted by molar-refractivity contribution is 6.35. The lowest BCUT2D eigenvalue weighted by Crippen LogP contribution is -2.03. The number of halogens is 2. The molecule has 94 valence electrons. The SMILES string of the molecule is Cc1ccc(C(O)Cc2ccc(Cl)cc2Cl)cn1. The number of rotatable bonds is 3. The third kappa shape index (κ3) is 3.22. The Bertz CT molecular complexity index is 540. The fourth-order valence-electron chi connectivity index (χ4n) is 1.69. The molecule has 0 aliphatic carbocycles. The van der Waals surface area contributed by atoms with Gasteiger partial charge in [0, 0.05) is 28.4 Å². The van der Waals surface area contributed by atoms with Crippen molar-refractivity contribution in [3.05, 3.63) is 63.4 Å². The number of aliphatic hydroxyl groups excluding tert-OH is 1. The number of pyridine rings is 1.